The molecule has 0 aliphatic carbocycles. The van der Waals surface area contributed by atoms with Gasteiger partial charge in [-0.25, -0.2) is 14.4 Å². The van der Waals surface area contributed by atoms with Gasteiger partial charge in [-0.05, 0) is 51.0 Å². The van der Waals surface area contributed by atoms with E-state index in [9.17, 15) is 28.8 Å². The third kappa shape index (κ3) is 13.5. The molecule has 2 saturated heterocycles. The Bertz CT molecular complexity index is 1580. The van der Waals surface area contributed by atoms with Crippen LogP contribution < -0.4 is 10.6 Å². The third-order valence-corrected chi connectivity index (χ3v) is 11.8. The van der Waals surface area contributed by atoms with Crippen molar-refractivity contribution in [2.45, 2.75) is 129 Å². The largest absolute Gasteiger partial charge is 0.467 e. The minimum atomic E-state index is -0.907. The molecule has 1 aromatic rings. The summed E-state index contributed by atoms with van der Waals surface area (Å²) < 4.78 is 22.4. The van der Waals surface area contributed by atoms with Crippen LogP contribution in [0.25, 0.3) is 0 Å². The molecule has 3 rings (SSSR count). The number of ether oxygens (including phenoxy) is 4. The van der Waals surface area contributed by atoms with Crippen molar-refractivity contribution in [3.63, 3.8) is 0 Å². The molecule has 0 saturated carbocycles. The highest BCUT2D eigenvalue weighted by Crippen LogP contribution is 2.30. The van der Waals surface area contributed by atoms with Crippen molar-refractivity contribution in [2.75, 3.05) is 61.1 Å². The van der Waals surface area contributed by atoms with E-state index in [1.165, 1.54) is 21.3 Å². The van der Waals surface area contributed by atoms with E-state index < -0.39 is 71.9 Å². The summed E-state index contributed by atoms with van der Waals surface area (Å²) in [5.41, 5.74) is 0.235. The van der Waals surface area contributed by atoms with Crippen LogP contribution in [0.15, 0.2) is 30.3 Å². The van der Waals surface area contributed by atoms with Gasteiger partial charge in [-0.15, -0.1) is 0 Å². The van der Waals surface area contributed by atoms with Crippen molar-refractivity contribution in [3.8, 4) is 0 Å². The highest BCUT2D eigenvalue weighted by atomic mass is 16.6. The summed E-state index contributed by atoms with van der Waals surface area (Å²) in [4.78, 5) is 87.7. The number of amides is 6. The summed E-state index contributed by atoms with van der Waals surface area (Å²) >= 11 is 0. The van der Waals surface area contributed by atoms with Crippen molar-refractivity contribution in [3.05, 3.63) is 35.9 Å². The maximum atomic E-state index is 14.3. The number of likely N-dealkylation sites (tertiary alicyclic amines) is 1. The lowest BCUT2D eigenvalue weighted by Crippen LogP contribution is -2.60. The van der Waals surface area contributed by atoms with Gasteiger partial charge in [-0.2, -0.15) is 0 Å². The highest BCUT2D eigenvalue weighted by molar-refractivity contribution is 5.88. The molecule has 2 fully saturated rings. The normalized spacial score (nSPS) is 19.4. The number of esters is 1. The van der Waals surface area contributed by atoms with Crippen LogP contribution >= 0.6 is 0 Å². The summed E-state index contributed by atoms with van der Waals surface area (Å²) in [6.07, 6.45) is 0.456. The van der Waals surface area contributed by atoms with E-state index in [2.05, 4.69) is 10.6 Å². The second kappa shape index (κ2) is 23.0. The first-order chi connectivity index (χ1) is 28.3. The van der Waals surface area contributed by atoms with E-state index in [1.807, 2.05) is 58.0 Å². The van der Waals surface area contributed by atoms with Crippen LogP contribution in [-0.4, -0.2) is 158 Å². The first-order valence-corrected chi connectivity index (χ1v) is 21.3. The molecule has 6 amide bonds. The van der Waals surface area contributed by atoms with Crippen molar-refractivity contribution < 1.29 is 47.7 Å². The zero-order chi connectivity index (χ0) is 44.9. The highest BCUT2D eigenvalue weighted by Gasteiger charge is 2.43. The molecular formula is C44H72N6O10. The number of nitrogens with one attached hydrogen (secondary N) is 2. The number of hydrogen-bond acceptors (Lipinski definition) is 10. The van der Waals surface area contributed by atoms with Gasteiger partial charge in [0, 0.05) is 60.4 Å². The zero-order valence-corrected chi connectivity index (χ0v) is 38.0. The van der Waals surface area contributed by atoms with Gasteiger partial charge in [0.2, 0.25) is 17.7 Å². The van der Waals surface area contributed by atoms with Crippen LogP contribution in [0.2, 0.25) is 0 Å². The number of likely N-dealkylation sites (N-methyl/N-ethyl adjacent to an activating group) is 1. The first kappa shape index (κ1) is 49.9. The Kier molecular flexibility index (Phi) is 19.1. The maximum absolute atomic E-state index is 14.3. The van der Waals surface area contributed by atoms with Gasteiger partial charge in [-0.3, -0.25) is 14.4 Å². The lowest BCUT2D eigenvalue weighted by atomic mass is 9.89. The fourth-order valence-corrected chi connectivity index (χ4v) is 8.17. The van der Waals surface area contributed by atoms with Gasteiger partial charge in [0.15, 0.2) is 0 Å². The summed E-state index contributed by atoms with van der Waals surface area (Å²) in [5, 5.41) is 5.81. The number of benzene rings is 1. The smallest absolute Gasteiger partial charge is 0.410 e. The SMILES string of the molecule is CC[C@H](C)[C@@H]([C@@H](CC(=O)N1CCCC1[C@H](OC)[C@@H](C)C(=O)NC(Cc1ccccc1)C(=O)OC)OC)N(C)C(=O)C(NC(=O)N1CCN(C(=O)OC(C)(C)C)CC1)C(C)C. The van der Waals surface area contributed by atoms with E-state index in [4.69, 9.17) is 18.9 Å². The monoisotopic (exact) mass is 845 g/mol. The molecule has 16 nitrogen and oxygen atoms in total. The molecule has 3 unspecified atom stereocenters. The molecule has 16 heteroatoms. The Morgan fingerprint density at radius 3 is 2.02 bits per heavy atom. The van der Waals surface area contributed by atoms with Crippen LogP contribution in [0.4, 0.5) is 9.59 Å². The Morgan fingerprint density at radius 1 is 0.867 bits per heavy atom. The van der Waals surface area contributed by atoms with Crippen LogP contribution in [0.5, 0.6) is 0 Å². The predicted molar refractivity (Wildman–Crippen MR) is 227 cm³/mol. The zero-order valence-electron chi connectivity index (χ0n) is 38.0. The molecule has 0 bridgehead atoms. The first-order valence-electron chi connectivity index (χ1n) is 21.3. The van der Waals surface area contributed by atoms with Gasteiger partial charge in [0.25, 0.3) is 0 Å². The van der Waals surface area contributed by atoms with E-state index in [-0.39, 0.29) is 49.6 Å². The van der Waals surface area contributed by atoms with E-state index in [1.54, 1.807) is 54.3 Å². The second-order valence-corrected chi connectivity index (χ2v) is 17.5. The average Bonchev–Trinajstić information content (AvgIpc) is 3.71. The molecular weight excluding hydrogens is 773 g/mol. The minimum absolute atomic E-state index is 0.0290. The number of nitrogens with zero attached hydrogens (tertiary/aromatic N) is 4. The van der Waals surface area contributed by atoms with Crippen molar-refractivity contribution in [1.82, 2.24) is 30.2 Å². The molecule has 338 valence electrons. The number of carbonyl (C=O) groups is 6. The molecule has 0 radical (unpaired) electrons. The molecule has 60 heavy (non-hydrogen) atoms. The fourth-order valence-electron chi connectivity index (χ4n) is 8.17. The minimum Gasteiger partial charge on any atom is -0.467 e. The Balaban J connectivity index is 1.72. The van der Waals surface area contributed by atoms with Crippen LogP contribution in [0.3, 0.4) is 0 Å². The molecule has 2 aliphatic rings. The second-order valence-electron chi connectivity index (χ2n) is 17.5. The van der Waals surface area contributed by atoms with Crippen molar-refractivity contribution >= 4 is 35.8 Å². The Labute approximate surface area is 357 Å². The number of methoxy groups -OCH3 is 3. The van der Waals surface area contributed by atoms with E-state index in [0.29, 0.717) is 38.9 Å². The number of urea groups is 1. The van der Waals surface area contributed by atoms with Gasteiger partial charge in [0.1, 0.15) is 17.7 Å². The predicted octanol–water partition coefficient (Wildman–Crippen LogP) is 4.09. The molecule has 1 aromatic carbocycles. The van der Waals surface area contributed by atoms with Crippen LogP contribution in [0.1, 0.15) is 86.6 Å². The molecule has 8 atom stereocenters. The number of carbonyl (C=O) groups excluding carboxylic acids is 6. The summed E-state index contributed by atoms with van der Waals surface area (Å²) in [6.45, 7) is 16.6. The van der Waals surface area contributed by atoms with Crippen LogP contribution in [0, 0.1) is 17.8 Å². The lowest BCUT2D eigenvalue weighted by Gasteiger charge is -2.41. The Morgan fingerprint density at radius 2 is 1.48 bits per heavy atom. The fraction of sp³-hybridized carbons (Fsp3) is 0.727. The molecule has 2 aliphatic heterocycles. The van der Waals surface area contributed by atoms with Gasteiger partial charge < -0.3 is 49.2 Å². The number of rotatable bonds is 18. The summed E-state index contributed by atoms with van der Waals surface area (Å²) in [5.74, 6) is -2.51. The van der Waals surface area contributed by atoms with Crippen LogP contribution in [-0.2, 0) is 44.5 Å². The lowest BCUT2D eigenvalue weighted by molar-refractivity contribution is -0.148. The summed E-state index contributed by atoms with van der Waals surface area (Å²) in [7, 11) is 6.02. The molecule has 2 N–H and O–H groups in total. The number of piperazine rings is 1. The van der Waals surface area contributed by atoms with E-state index >= 15 is 0 Å². The standard InChI is InChI=1S/C44H72N6O10/c1-13-29(4)37(47(9)40(53)36(28(2)3)46-42(55)48-22-24-49(25-23-48)43(56)60-44(6,7)8)34(57-10)27-35(51)50-21-17-20-33(50)38(58-11)30(5)39(52)45-32(41(54)59-12)26-31-18-15-14-16-19-31/h14-16,18-19,28-30,32-34,36-38H,13,17,20-27H2,1-12H3,(H,45,52)(H,46,55)/t29-,30+,32?,33?,34+,36?,37-,38+/m0/s1. The maximum Gasteiger partial charge on any atom is 0.410 e. The summed E-state index contributed by atoms with van der Waals surface area (Å²) in [6, 6.07) is 6.24. The third-order valence-electron chi connectivity index (χ3n) is 11.8. The topological polar surface area (TPSA) is 176 Å². The van der Waals surface area contributed by atoms with Crippen molar-refractivity contribution in [1.29, 1.82) is 0 Å². The molecule has 0 aromatic heterocycles. The van der Waals surface area contributed by atoms with Gasteiger partial charge >= 0.3 is 18.1 Å². The van der Waals surface area contributed by atoms with Gasteiger partial charge in [-0.1, -0.05) is 71.4 Å². The Hall–Kier alpha value is -4.44. The molecule has 0 spiro atoms. The van der Waals surface area contributed by atoms with E-state index in [0.717, 1.165) is 5.56 Å². The quantitative estimate of drug-likeness (QED) is 0.205. The van der Waals surface area contributed by atoms with Gasteiger partial charge in [0.05, 0.1) is 43.7 Å². The average molecular weight is 845 g/mol. The number of hydrogen-bond donors (Lipinski definition) is 2. The molecule has 2 heterocycles. The van der Waals surface area contributed by atoms with Crippen molar-refractivity contribution in [2.24, 2.45) is 17.8 Å².